The van der Waals surface area contributed by atoms with Gasteiger partial charge in [0.15, 0.2) is 6.10 Å². The Morgan fingerprint density at radius 3 is 2.41 bits per heavy atom. The number of hydrogen-bond donors (Lipinski definition) is 1. The molecule has 0 bridgehead atoms. The van der Waals surface area contributed by atoms with Crippen LogP contribution in [0.5, 0.6) is 5.75 Å². The van der Waals surface area contributed by atoms with Gasteiger partial charge < -0.3 is 19.7 Å². The molecule has 1 atom stereocenters. The highest BCUT2D eigenvalue weighted by Crippen LogP contribution is 2.14. The quantitative estimate of drug-likeness (QED) is 0.851. The van der Waals surface area contributed by atoms with Crippen molar-refractivity contribution in [2.24, 2.45) is 0 Å². The second kappa shape index (κ2) is 9.19. The molecule has 0 aliphatic carbocycles. The van der Waals surface area contributed by atoms with Crippen molar-refractivity contribution >= 4 is 17.5 Å². The molecule has 6 nitrogen and oxygen atoms in total. The molecule has 1 heterocycles. The van der Waals surface area contributed by atoms with Crippen molar-refractivity contribution in [3.05, 3.63) is 60.2 Å². The fraction of sp³-hybridized carbons (Fsp3) is 0.333. The van der Waals surface area contributed by atoms with Crippen molar-refractivity contribution in [3.63, 3.8) is 0 Å². The Hall–Kier alpha value is -2.86. The molecule has 1 unspecified atom stereocenters. The molecule has 2 aromatic rings. The van der Waals surface area contributed by atoms with Crippen molar-refractivity contribution in [2.75, 3.05) is 31.6 Å². The highest BCUT2D eigenvalue weighted by atomic mass is 16.5. The first-order valence-corrected chi connectivity index (χ1v) is 9.09. The topological polar surface area (TPSA) is 67.9 Å². The predicted molar refractivity (Wildman–Crippen MR) is 103 cm³/mol. The number of amides is 2. The molecule has 0 spiro atoms. The number of benzene rings is 2. The van der Waals surface area contributed by atoms with Crippen LogP contribution in [-0.2, 0) is 20.7 Å². The summed E-state index contributed by atoms with van der Waals surface area (Å²) >= 11 is 0. The zero-order chi connectivity index (χ0) is 19.1. The van der Waals surface area contributed by atoms with Crippen LogP contribution in [0.25, 0.3) is 0 Å². The summed E-state index contributed by atoms with van der Waals surface area (Å²) in [6.07, 6.45) is -0.267. The molecule has 1 aliphatic heterocycles. The van der Waals surface area contributed by atoms with Crippen LogP contribution in [0.4, 0.5) is 5.69 Å². The number of carbonyl (C=O) groups is 2. The number of nitrogens with zero attached hydrogens (tertiary/aromatic N) is 1. The highest BCUT2D eigenvalue weighted by molar-refractivity contribution is 5.94. The Bertz CT molecular complexity index is 756. The number of carbonyl (C=O) groups excluding carboxylic acids is 2. The van der Waals surface area contributed by atoms with Crippen LogP contribution in [0.2, 0.25) is 0 Å². The lowest BCUT2D eigenvalue weighted by atomic mass is 10.1. The van der Waals surface area contributed by atoms with Crippen molar-refractivity contribution in [1.29, 1.82) is 0 Å². The molecule has 0 radical (unpaired) electrons. The third-order valence-electron chi connectivity index (χ3n) is 4.37. The average Bonchev–Trinajstić information content (AvgIpc) is 2.71. The van der Waals surface area contributed by atoms with Gasteiger partial charge in [-0.3, -0.25) is 9.59 Å². The Kier molecular flexibility index (Phi) is 6.44. The van der Waals surface area contributed by atoms with Crippen LogP contribution in [0.1, 0.15) is 12.5 Å². The summed E-state index contributed by atoms with van der Waals surface area (Å²) in [4.78, 5) is 26.4. The summed E-state index contributed by atoms with van der Waals surface area (Å²) < 4.78 is 10.9. The Morgan fingerprint density at radius 1 is 1.07 bits per heavy atom. The maximum Gasteiger partial charge on any atom is 0.265 e. The molecular weight excluding hydrogens is 344 g/mol. The molecule has 0 aromatic heterocycles. The SMILES string of the molecule is CC(Oc1ccccc1)C(=O)Nc1ccc(CC(=O)N2CCOCC2)cc1. The lowest BCUT2D eigenvalue weighted by Gasteiger charge is -2.26. The van der Waals surface area contributed by atoms with Gasteiger partial charge in [-0.2, -0.15) is 0 Å². The Balaban J connectivity index is 1.50. The van der Waals surface area contributed by atoms with Gasteiger partial charge >= 0.3 is 0 Å². The van der Waals surface area contributed by atoms with Crippen LogP contribution in [0.15, 0.2) is 54.6 Å². The zero-order valence-electron chi connectivity index (χ0n) is 15.4. The molecule has 1 saturated heterocycles. The monoisotopic (exact) mass is 368 g/mol. The number of hydrogen-bond acceptors (Lipinski definition) is 4. The molecule has 27 heavy (non-hydrogen) atoms. The van der Waals surface area contributed by atoms with Gasteiger partial charge in [0.1, 0.15) is 5.75 Å². The van der Waals surface area contributed by atoms with E-state index in [0.29, 0.717) is 44.2 Å². The van der Waals surface area contributed by atoms with Gasteiger partial charge in [0.25, 0.3) is 5.91 Å². The van der Waals surface area contributed by atoms with E-state index in [1.54, 1.807) is 19.1 Å². The molecule has 2 aromatic carbocycles. The van der Waals surface area contributed by atoms with E-state index in [-0.39, 0.29) is 11.8 Å². The van der Waals surface area contributed by atoms with E-state index in [4.69, 9.17) is 9.47 Å². The summed E-state index contributed by atoms with van der Waals surface area (Å²) in [5.74, 6) is 0.521. The number of rotatable bonds is 6. The van der Waals surface area contributed by atoms with E-state index in [0.717, 1.165) is 5.56 Å². The van der Waals surface area contributed by atoms with E-state index >= 15 is 0 Å². The molecule has 142 valence electrons. The molecular formula is C21H24N2O4. The van der Waals surface area contributed by atoms with Gasteiger partial charge in [-0.25, -0.2) is 0 Å². The van der Waals surface area contributed by atoms with Crippen LogP contribution in [-0.4, -0.2) is 49.1 Å². The van der Waals surface area contributed by atoms with Crippen molar-refractivity contribution in [3.8, 4) is 5.75 Å². The summed E-state index contributed by atoms with van der Waals surface area (Å²) in [6.45, 7) is 4.19. The largest absolute Gasteiger partial charge is 0.481 e. The number of para-hydroxylation sites is 1. The molecule has 6 heteroatoms. The van der Waals surface area contributed by atoms with Gasteiger partial charge in [0.2, 0.25) is 5.91 Å². The molecule has 0 saturated carbocycles. The minimum Gasteiger partial charge on any atom is -0.481 e. The summed E-state index contributed by atoms with van der Waals surface area (Å²) in [7, 11) is 0. The van der Waals surface area contributed by atoms with Gasteiger partial charge in [-0.05, 0) is 36.8 Å². The summed E-state index contributed by atoms with van der Waals surface area (Å²) in [5.41, 5.74) is 1.59. The maximum atomic E-state index is 12.3. The van der Waals surface area contributed by atoms with E-state index in [1.807, 2.05) is 47.4 Å². The minimum atomic E-state index is -0.616. The molecule has 2 amide bonds. The van der Waals surface area contributed by atoms with Gasteiger partial charge in [0.05, 0.1) is 19.6 Å². The van der Waals surface area contributed by atoms with Gasteiger partial charge in [-0.1, -0.05) is 30.3 Å². The summed E-state index contributed by atoms with van der Waals surface area (Å²) in [6, 6.07) is 16.5. The molecule has 1 aliphatic rings. The van der Waals surface area contributed by atoms with Crippen LogP contribution in [0.3, 0.4) is 0 Å². The third-order valence-corrected chi connectivity index (χ3v) is 4.37. The Labute approximate surface area is 159 Å². The average molecular weight is 368 g/mol. The first-order chi connectivity index (χ1) is 13.1. The van der Waals surface area contributed by atoms with Crippen LogP contribution >= 0.6 is 0 Å². The number of ether oxygens (including phenoxy) is 2. The van der Waals surface area contributed by atoms with Crippen molar-refractivity contribution in [1.82, 2.24) is 4.90 Å². The van der Waals surface area contributed by atoms with E-state index < -0.39 is 6.10 Å². The van der Waals surface area contributed by atoms with Gasteiger partial charge in [-0.15, -0.1) is 0 Å². The predicted octanol–water partition coefficient (Wildman–Crippen LogP) is 2.49. The second-order valence-corrected chi connectivity index (χ2v) is 6.43. The van der Waals surface area contributed by atoms with E-state index in [9.17, 15) is 9.59 Å². The van der Waals surface area contributed by atoms with Crippen LogP contribution in [0, 0.1) is 0 Å². The summed E-state index contributed by atoms with van der Waals surface area (Å²) in [5, 5.41) is 2.83. The first-order valence-electron chi connectivity index (χ1n) is 9.09. The smallest absolute Gasteiger partial charge is 0.265 e. The lowest BCUT2D eigenvalue weighted by molar-refractivity contribution is -0.134. The fourth-order valence-corrected chi connectivity index (χ4v) is 2.81. The van der Waals surface area contributed by atoms with E-state index in [2.05, 4.69) is 5.32 Å². The van der Waals surface area contributed by atoms with Crippen LogP contribution < -0.4 is 10.1 Å². The highest BCUT2D eigenvalue weighted by Gasteiger charge is 2.17. The third kappa shape index (κ3) is 5.56. The number of morpholine rings is 1. The standard InChI is InChI=1S/C21H24N2O4/c1-16(27-19-5-3-2-4-6-19)21(25)22-18-9-7-17(8-10-18)15-20(24)23-11-13-26-14-12-23/h2-10,16H,11-15H2,1H3,(H,22,25). The van der Waals surface area contributed by atoms with E-state index in [1.165, 1.54) is 0 Å². The maximum absolute atomic E-state index is 12.3. The number of anilines is 1. The number of nitrogens with one attached hydrogen (secondary N) is 1. The second-order valence-electron chi connectivity index (χ2n) is 6.43. The van der Waals surface area contributed by atoms with Crippen molar-refractivity contribution < 1.29 is 19.1 Å². The first kappa shape index (κ1) is 18.9. The molecule has 3 rings (SSSR count). The fourth-order valence-electron chi connectivity index (χ4n) is 2.81. The zero-order valence-corrected chi connectivity index (χ0v) is 15.4. The minimum absolute atomic E-state index is 0.0972. The lowest BCUT2D eigenvalue weighted by Crippen LogP contribution is -2.41. The normalized spacial score (nSPS) is 15.1. The van der Waals surface area contributed by atoms with Gasteiger partial charge in [0, 0.05) is 18.8 Å². The molecule has 1 fully saturated rings. The molecule has 1 N–H and O–H groups in total. The Morgan fingerprint density at radius 2 is 1.74 bits per heavy atom. The van der Waals surface area contributed by atoms with Crippen molar-refractivity contribution in [2.45, 2.75) is 19.4 Å².